The summed E-state index contributed by atoms with van der Waals surface area (Å²) in [6.45, 7) is 2.09. The predicted octanol–water partition coefficient (Wildman–Crippen LogP) is 4.91. The van der Waals surface area contributed by atoms with Gasteiger partial charge in [-0.1, -0.05) is 43.7 Å². The lowest BCUT2D eigenvalue weighted by molar-refractivity contribution is 0.100. The first-order valence-corrected chi connectivity index (χ1v) is 11.1. The molecular weight excluding hydrogens is 416 g/mol. The molecular formula is C22H20N4O2S2. The predicted molar refractivity (Wildman–Crippen MR) is 124 cm³/mol. The molecule has 3 heterocycles. The molecule has 0 atom stereocenters. The number of nitrogens with one attached hydrogen (secondary N) is 1. The second kappa shape index (κ2) is 8.25. The number of nitrogen functional groups attached to an aromatic ring is 1. The molecule has 30 heavy (non-hydrogen) atoms. The first kappa shape index (κ1) is 20.1. The molecule has 8 heteroatoms. The number of aryl methyl sites for hydroxylation is 1. The molecule has 0 bridgehead atoms. The Kier molecular flexibility index (Phi) is 5.52. The van der Waals surface area contributed by atoms with Gasteiger partial charge in [-0.3, -0.25) is 9.59 Å². The molecule has 0 aliphatic carbocycles. The first-order valence-electron chi connectivity index (χ1n) is 9.45. The van der Waals surface area contributed by atoms with E-state index in [1.54, 1.807) is 0 Å². The van der Waals surface area contributed by atoms with Gasteiger partial charge in [0.2, 0.25) is 0 Å². The summed E-state index contributed by atoms with van der Waals surface area (Å²) in [6, 6.07) is 13.3. The largest absolute Gasteiger partial charge is 0.397 e. The van der Waals surface area contributed by atoms with Gasteiger partial charge in [0.15, 0.2) is 0 Å². The third kappa shape index (κ3) is 3.67. The number of benzene rings is 1. The standard InChI is InChI=1S/C22H20N4O2S2/c1-2-6-13-9-10-14-17(23)18(30-21(14)25-13)20(28)26-22-16(19(24)27)15(11-29-22)12-7-4-3-5-8-12/h3-5,7-11H,2,6,23H2,1H3,(H2,24,27)(H,26,28). The van der Waals surface area contributed by atoms with Crippen molar-refractivity contribution in [3.63, 3.8) is 0 Å². The van der Waals surface area contributed by atoms with E-state index in [0.29, 0.717) is 26.7 Å². The fourth-order valence-electron chi connectivity index (χ4n) is 3.28. The van der Waals surface area contributed by atoms with Crippen molar-refractivity contribution in [2.24, 2.45) is 5.73 Å². The number of pyridine rings is 1. The van der Waals surface area contributed by atoms with Crippen molar-refractivity contribution in [3.8, 4) is 11.1 Å². The van der Waals surface area contributed by atoms with Crippen LogP contribution in [0.25, 0.3) is 21.3 Å². The minimum Gasteiger partial charge on any atom is -0.397 e. The van der Waals surface area contributed by atoms with Gasteiger partial charge in [-0.2, -0.15) is 0 Å². The maximum absolute atomic E-state index is 13.0. The Morgan fingerprint density at radius 1 is 1.13 bits per heavy atom. The number of thiophene rings is 2. The van der Waals surface area contributed by atoms with Gasteiger partial charge >= 0.3 is 0 Å². The van der Waals surface area contributed by atoms with E-state index in [0.717, 1.165) is 34.3 Å². The average molecular weight is 437 g/mol. The molecule has 6 nitrogen and oxygen atoms in total. The molecule has 0 radical (unpaired) electrons. The van der Waals surface area contributed by atoms with Crippen molar-refractivity contribution < 1.29 is 9.59 Å². The third-order valence-electron chi connectivity index (χ3n) is 4.71. The van der Waals surface area contributed by atoms with Crippen LogP contribution in [0.1, 0.15) is 39.1 Å². The van der Waals surface area contributed by atoms with E-state index in [1.165, 1.54) is 22.7 Å². The topological polar surface area (TPSA) is 111 Å². The third-order valence-corrected chi connectivity index (χ3v) is 6.72. The van der Waals surface area contributed by atoms with Crippen molar-refractivity contribution in [3.05, 3.63) is 64.0 Å². The van der Waals surface area contributed by atoms with Crippen molar-refractivity contribution in [1.82, 2.24) is 4.98 Å². The number of nitrogens with zero attached hydrogens (tertiary/aromatic N) is 1. The monoisotopic (exact) mass is 436 g/mol. The Morgan fingerprint density at radius 3 is 2.60 bits per heavy atom. The molecule has 4 aromatic rings. The number of primary amides is 1. The number of carbonyl (C=O) groups is 2. The number of amides is 2. The molecule has 0 aliphatic rings. The van der Waals surface area contributed by atoms with E-state index in [4.69, 9.17) is 11.5 Å². The van der Waals surface area contributed by atoms with Crippen LogP contribution < -0.4 is 16.8 Å². The van der Waals surface area contributed by atoms with Crippen LogP contribution in [0.3, 0.4) is 0 Å². The summed E-state index contributed by atoms with van der Waals surface area (Å²) >= 11 is 2.51. The molecule has 0 saturated heterocycles. The normalized spacial score (nSPS) is 11.0. The summed E-state index contributed by atoms with van der Waals surface area (Å²) in [5, 5.41) is 5.80. The Bertz CT molecular complexity index is 1250. The molecule has 2 amide bonds. The zero-order valence-electron chi connectivity index (χ0n) is 16.3. The lowest BCUT2D eigenvalue weighted by Crippen LogP contribution is -2.17. The lowest BCUT2D eigenvalue weighted by Gasteiger charge is -2.06. The van der Waals surface area contributed by atoms with Gasteiger partial charge in [0.05, 0.1) is 11.3 Å². The highest BCUT2D eigenvalue weighted by atomic mass is 32.1. The van der Waals surface area contributed by atoms with Crippen molar-refractivity contribution in [1.29, 1.82) is 0 Å². The Hall–Kier alpha value is -3.23. The molecule has 5 N–H and O–H groups in total. The number of aromatic nitrogens is 1. The first-order chi connectivity index (χ1) is 14.5. The maximum Gasteiger partial charge on any atom is 0.268 e. The molecule has 0 aliphatic heterocycles. The molecule has 4 rings (SSSR count). The number of hydrogen-bond acceptors (Lipinski definition) is 6. The van der Waals surface area contributed by atoms with E-state index in [9.17, 15) is 9.59 Å². The van der Waals surface area contributed by atoms with Crippen LogP contribution >= 0.6 is 22.7 Å². The lowest BCUT2D eigenvalue weighted by atomic mass is 10.0. The van der Waals surface area contributed by atoms with Gasteiger partial charge in [0, 0.05) is 22.0 Å². The smallest absolute Gasteiger partial charge is 0.268 e. The summed E-state index contributed by atoms with van der Waals surface area (Å²) in [6.07, 6.45) is 1.86. The van der Waals surface area contributed by atoms with Gasteiger partial charge in [-0.25, -0.2) is 4.98 Å². The fraction of sp³-hybridized carbons (Fsp3) is 0.136. The number of nitrogens with two attached hydrogens (primary N) is 2. The number of rotatable bonds is 6. The van der Waals surface area contributed by atoms with Crippen LogP contribution in [0, 0.1) is 0 Å². The molecule has 1 aromatic carbocycles. The van der Waals surface area contributed by atoms with E-state index in [2.05, 4.69) is 17.2 Å². The number of carbonyl (C=O) groups excluding carboxylic acids is 2. The summed E-state index contributed by atoms with van der Waals surface area (Å²) in [7, 11) is 0. The van der Waals surface area contributed by atoms with Gasteiger partial charge < -0.3 is 16.8 Å². The van der Waals surface area contributed by atoms with Crippen LogP contribution in [-0.2, 0) is 6.42 Å². The minimum absolute atomic E-state index is 0.294. The number of hydrogen-bond donors (Lipinski definition) is 3. The van der Waals surface area contributed by atoms with Crippen LogP contribution in [-0.4, -0.2) is 16.8 Å². The highest BCUT2D eigenvalue weighted by Crippen LogP contribution is 2.37. The van der Waals surface area contributed by atoms with Gasteiger partial charge in [-0.05, 0) is 24.1 Å². The van der Waals surface area contributed by atoms with Crippen LogP contribution in [0.15, 0.2) is 47.8 Å². The quantitative estimate of drug-likeness (QED) is 0.399. The van der Waals surface area contributed by atoms with Gasteiger partial charge in [-0.15, -0.1) is 22.7 Å². The summed E-state index contributed by atoms with van der Waals surface area (Å²) in [4.78, 5) is 30.8. The molecule has 0 spiro atoms. The number of anilines is 2. The molecule has 0 unspecified atom stereocenters. The van der Waals surface area contributed by atoms with Crippen molar-refractivity contribution >= 4 is 55.4 Å². The highest BCUT2D eigenvalue weighted by molar-refractivity contribution is 7.21. The molecule has 3 aromatic heterocycles. The Labute approximate surface area is 181 Å². The van der Waals surface area contributed by atoms with E-state index in [1.807, 2.05) is 47.8 Å². The average Bonchev–Trinajstić information content (AvgIpc) is 3.30. The van der Waals surface area contributed by atoms with E-state index >= 15 is 0 Å². The second-order valence-corrected chi connectivity index (χ2v) is 8.67. The van der Waals surface area contributed by atoms with Crippen molar-refractivity contribution in [2.75, 3.05) is 11.1 Å². The van der Waals surface area contributed by atoms with Crippen molar-refractivity contribution in [2.45, 2.75) is 19.8 Å². The van der Waals surface area contributed by atoms with Crippen LogP contribution in [0.4, 0.5) is 10.7 Å². The van der Waals surface area contributed by atoms with Gasteiger partial charge in [0.25, 0.3) is 11.8 Å². The van der Waals surface area contributed by atoms with E-state index < -0.39 is 5.91 Å². The Morgan fingerprint density at radius 2 is 1.90 bits per heavy atom. The summed E-state index contributed by atoms with van der Waals surface area (Å²) < 4.78 is 0. The second-order valence-electron chi connectivity index (χ2n) is 6.79. The molecule has 152 valence electrons. The van der Waals surface area contributed by atoms with Gasteiger partial charge in [0.1, 0.15) is 14.7 Å². The Balaban J connectivity index is 1.68. The minimum atomic E-state index is -0.597. The zero-order chi connectivity index (χ0) is 21.3. The highest BCUT2D eigenvalue weighted by Gasteiger charge is 2.23. The molecule has 0 saturated carbocycles. The fourth-order valence-corrected chi connectivity index (χ4v) is 5.26. The molecule has 0 fully saturated rings. The van der Waals surface area contributed by atoms with Crippen LogP contribution in [0.2, 0.25) is 0 Å². The SMILES string of the molecule is CCCc1ccc2c(N)c(C(=O)Nc3scc(-c4ccccc4)c3C(N)=O)sc2n1. The summed E-state index contributed by atoms with van der Waals surface area (Å²) in [5.74, 6) is -0.975. The van der Waals surface area contributed by atoms with Crippen LogP contribution in [0.5, 0.6) is 0 Å². The zero-order valence-corrected chi connectivity index (χ0v) is 17.9. The maximum atomic E-state index is 13.0. The van der Waals surface area contributed by atoms with E-state index in [-0.39, 0.29) is 5.91 Å². The number of fused-ring (bicyclic) bond motifs is 1. The summed E-state index contributed by atoms with van der Waals surface area (Å²) in [5.41, 5.74) is 15.1.